The van der Waals surface area contributed by atoms with Gasteiger partial charge in [0.1, 0.15) is 11.4 Å². The van der Waals surface area contributed by atoms with E-state index in [1.54, 1.807) is 13.0 Å². The predicted octanol–water partition coefficient (Wildman–Crippen LogP) is 1.98. The molecule has 0 bridgehead atoms. The van der Waals surface area contributed by atoms with E-state index in [1.165, 1.54) is 24.5 Å². The molecule has 0 unspecified atom stereocenters. The molecule has 2 aromatic heterocycles. The Morgan fingerprint density at radius 1 is 1.44 bits per heavy atom. The van der Waals surface area contributed by atoms with Crippen LogP contribution >= 0.6 is 11.6 Å². The highest BCUT2D eigenvalue weighted by Gasteiger charge is 2.11. The van der Waals surface area contributed by atoms with Crippen molar-refractivity contribution < 1.29 is 4.79 Å². The van der Waals surface area contributed by atoms with E-state index in [1.807, 2.05) is 0 Å². The lowest BCUT2D eigenvalue weighted by Gasteiger charge is -2.04. The molecule has 0 spiro atoms. The number of hydrogen-bond acceptors (Lipinski definition) is 3. The van der Waals surface area contributed by atoms with Crippen molar-refractivity contribution in [2.24, 2.45) is 0 Å². The molecule has 0 radical (unpaired) electrons. The van der Waals surface area contributed by atoms with Gasteiger partial charge in [0.05, 0.1) is 0 Å². The molecule has 2 heterocycles. The zero-order valence-corrected chi connectivity index (χ0v) is 10.3. The molecule has 0 aromatic carbocycles. The fraction of sp³-hybridized carbons (Fsp3) is 0.0833. The Bertz CT molecular complexity index is 652. The third kappa shape index (κ3) is 2.75. The third-order valence-corrected chi connectivity index (χ3v) is 2.50. The van der Waals surface area contributed by atoms with Crippen LogP contribution in [0, 0.1) is 6.92 Å². The maximum atomic E-state index is 11.8. The number of amides is 1. The van der Waals surface area contributed by atoms with Crippen molar-refractivity contribution >= 4 is 23.3 Å². The summed E-state index contributed by atoms with van der Waals surface area (Å²) in [6.07, 6.45) is 2.84. The Morgan fingerprint density at radius 2 is 2.22 bits per heavy atom. The smallest absolute Gasteiger partial charge is 0.262 e. The number of aromatic nitrogens is 2. The summed E-state index contributed by atoms with van der Waals surface area (Å²) in [7, 11) is 0. The summed E-state index contributed by atoms with van der Waals surface area (Å²) in [5.74, 6) is -0.224. The lowest BCUT2D eigenvalue weighted by atomic mass is 10.2. The maximum Gasteiger partial charge on any atom is 0.262 e. The minimum atomic E-state index is -0.522. The molecule has 0 saturated carbocycles. The number of rotatable bonds is 2. The largest absolute Gasteiger partial charge is 0.364 e. The first-order chi connectivity index (χ1) is 8.56. The van der Waals surface area contributed by atoms with Gasteiger partial charge in [0.25, 0.3) is 5.91 Å². The average molecular weight is 264 g/mol. The zero-order valence-electron chi connectivity index (χ0n) is 9.53. The number of carbonyl (C=O) groups excluding carboxylic acids is 1. The van der Waals surface area contributed by atoms with Crippen molar-refractivity contribution in [1.82, 2.24) is 9.97 Å². The van der Waals surface area contributed by atoms with E-state index < -0.39 is 5.91 Å². The molecule has 0 aliphatic carbocycles. The van der Waals surface area contributed by atoms with Crippen LogP contribution in [0.4, 0.5) is 5.82 Å². The van der Waals surface area contributed by atoms with Crippen molar-refractivity contribution in [3.8, 4) is 0 Å². The number of halogens is 1. The fourth-order valence-corrected chi connectivity index (χ4v) is 1.57. The van der Waals surface area contributed by atoms with E-state index in [-0.39, 0.29) is 11.0 Å². The van der Waals surface area contributed by atoms with Crippen LogP contribution in [0.1, 0.15) is 16.1 Å². The van der Waals surface area contributed by atoms with Crippen LogP contribution in [0.25, 0.3) is 0 Å². The van der Waals surface area contributed by atoms with Gasteiger partial charge in [-0.15, -0.1) is 0 Å². The Hall–Kier alpha value is -2.14. The Kier molecular flexibility index (Phi) is 3.43. The molecule has 0 atom stereocenters. The molecule has 2 N–H and O–H groups in total. The number of nitrogens with zero attached hydrogens (tertiary/aromatic N) is 1. The van der Waals surface area contributed by atoms with E-state index in [0.29, 0.717) is 16.5 Å². The first kappa shape index (κ1) is 12.3. The molecule has 2 rings (SSSR count). The van der Waals surface area contributed by atoms with E-state index in [4.69, 9.17) is 11.6 Å². The summed E-state index contributed by atoms with van der Waals surface area (Å²) < 4.78 is 0. The molecule has 6 heteroatoms. The van der Waals surface area contributed by atoms with Crippen molar-refractivity contribution in [2.45, 2.75) is 6.92 Å². The Labute approximate surface area is 108 Å². The van der Waals surface area contributed by atoms with Crippen LogP contribution in [0.15, 0.2) is 35.4 Å². The van der Waals surface area contributed by atoms with Crippen LogP contribution in [0.5, 0.6) is 0 Å². The standard InChI is InChI=1S/C12H10ClN3O2/c1-7-4-10(17)9(6-15-7)12(18)16-11-5-8(13)2-3-14-11/h2-6H,1H3,(H,15,17)(H,14,16,18). The van der Waals surface area contributed by atoms with Crippen molar-refractivity contribution in [3.63, 3.8) is 0 Å². The topological polar surface area (TPSA) is 74.8 Å². The monoisotopic (exact) mass is 263 g/mol. The predicted molar refractivity (Wildman–Crippen MR) is 69.0 cm³/mol. The summed E-state index contributed by atoms with van der Waals surface area (Å²) in [6, 6.07) is 4.46. The van der Waals surface area contributed by atoms with Crippen LogP contribution in [-0.2, 0) is 0 Å². The molecular formula is C12H10ClN3O2. The average Bonchev–Trinajstić information content (AvgIpc) is 2.28. The first-order valence-electron chi connectivity index (χ1n) is 5.18. The molecule has 92 valence electrons. The lowest BCUT2D eigenvalue weighted by Crippen LogP contribution is -2.21. The van der Waals surface area contributed by atoms with Crippen LogP contribution in [0.3, 0.4) is 0 Å². The van der Waals surface area contributed by atoms with Crippen molar-refractivity contribution in [1.29, 1.82) is 0 Å². The fourth-order valence-electron chi connectivity index (χ4n) is 1.41. The van der Waals surface area contributed by atoms with Crippen molar-refractivity contribution in [2.75, 3.05) is 5.32 Å². The highest BCUT2D eigenvalue weighted by Crippen LogP contribution is 2.12. The van der Waals surface area contributed by atoms with Gasteiger partial charge in [0, 0.05) is 29.2 Å². The van der Waals surface area contributed by atoms with Crippen LogP contribution in [0.2, 0.25) is 5.02 Å². The Morgan fingerprint density at radius 3 is 2.89 bits per heavy atom. The molecule has 2 aromatic rings. The Balaban J connectivity index is 2.25. The van der Waals surface area contributed by atoms with Crippen molar-refractivity contribution in [3.05, 3.63) is 57.1 Å². The number of anilines is 1. The number of pyridine rings is 2. The molecule has 5 nitrogen and oxygen atoms in total. The van der Waals surface area contributed by atoms with Gasteiger partial charge < -0.3 is 10.3 Å². The molecule has 0 aliphatic heterocycles. The van der Waals surface area contributed by atoms with Gasteiger partial charge in [-0.25, -0.2) is 4.98 Å². The molecule has 1 amide bonds. The summed E-state index contributed by atoms with van der Waals surface area (Å²) in [6.45, 7) is 1.74. The van der Waals surface area contributed by atoms with E-state index in [2.05, 4.69) is 15.3 Å². The summed E-state index contributed by atoms with van der Waals surface area (Å²) >= 11 is 5.77. The second kappa shape index (κ2) is 5.01. The molecule has 0 saturated heterocycles. The minimum absolute atomic E-state index is 0.0300. The number of aryl methyl sites for hydroxylation is 1. The molecular weight excluding hydrogens is 254 g/mol. The highest BCUT2D eigenvalue weighted by atomic mass is 35.5. The quantitative estimate of drug-likeness (QED) is 0.870. The summed E-state index contributed by atoms with van der Waals surface area (Å²) in [5.41, 5.74) is 0.380. The lowest BCUT2D eigenvalue weighted by molar-refractivity contribution is 0.102. The number of carbonyl (C=O) groups is 1. The highest BCUT2D eigenvalue weighted by molar-refractivity contribution is 6.30. The van der Waals surface area contributed by atoms with Gasteiger partial charge in [-0.2, -0.15) is 0 Å². The van der Waals surface area contributed by atoms with Gasteiger partial charge in [-0.3, -0.25) is 9.59 Å². The minimum Gasteiger partial charge on any atom is -0.364 e. The second-order valence-corrected chi connectivity index (χ2v) is 4.14. The van der Waals surface area contributed by atoms with Gasteiger partial charge in [-0.05, 0) is 19.1 Å². The second-order valence-electron chi connectivity index (χ2n) is 3.71. The zero-order chi connectivity index (χ0) is 13.1. The van der Waals surface area contributed by atoms with Gasteiger partial charge in [0.15, 0.2) is 5.43 Å². The van der Waals surface area contributed by atoms with Gasteiger partial charge in [0.2, 0.25) is 0 Å². The summed E-state index contributed by atoms with van der Waals surface area (Å²) in [5, 5.41) is 2.96. The normalized spacial score (nSPS) is 10.1. The molecule has 0 fully saturated rings. The first-order valence-corrected chi connectivity index (χ1v) is 5.56. The van der Waals surface area contributed by atoms with Crippen LogP contribution in [-0.4, -0.2) is 15.9 Å². The van der Waals surface area contributed by atoms with E-state index >= 15 is 0 Å². The number of H-pyrrole nitrogens is 1. The van der Waals surface area contributed by atoms with Crippen LogP contribution < -0.4 is 10.7 Å². The van der Waals surface area contributed by atoms with Gasteiger partial charge in [-0.1, -0.05) is 11.6 Å². The molecule has 0 aliphatic rings. The SMILES string of the molecule is Cc1cc(=O)c(C(=O)Nc2cc(Cl)ccn2)c[nH]1. The summed E-state index contributed by atoms with van der Waals surface area (Å²) in [4.78, 5) is 30.2. The van der Waals surface area contributed by atoms with Gasteiger partial charge >= 0.3 is 0 Å². The van der Waals surface area contributed by atoms with E-state index in [0.717, 1.165) is 0 Å². The van der Waals surface area contributed by atoms with E-state index in [9.17, 15) is 9.59 Å². The maximum absolute atomic E-state index is 11.8. The third-order valence-electron chi connectivity index (χ3n) is 2.27. The number of hydrogen-bond donors (Lipinski definition) is 2. The molecule has 18 heavy (non-hydrogen) atoms. The number of nitrogens with one attached hydrogen (secondary N) is 2. The number of aromatic amines is 1.